The minimum Gasteiger partial charge on any atom is -0.314 e. The number of nitrogens with zero attached hydrogens (tertiary/aromatic N) is 2. The van der Waals surface area contributed by atoms with Gasteiger partial charge in [-0.15, -0.1) is 0 Å². The van der Waals surface area contributed by atoms with Gasteiger partial charge in [-0.3, -0.25) is 4.68 Å². The van der Waals surface area contributed by atoms with Crippen molar-refractivity contribution < 1.29 is 0 Å². The molecule has 0 saturated carbocycles. The number of hydrogen-bond acceptors (Lipinski definition) is 2. The molecule has 2 rings (SSSR count). The molecule has 1 unspecified atom stereocenters. The average Bonchev–Trinajstić information content (AvgIpc) is 2.78. The van der Waals surface area contributed by atoms with E-state index in [1.54, 1.807) is 0 Å². The highest BCUT2D eigenvalue weighted by Crippen LogP contribution is 2.11. The van der Waals surface area contributed by atoms with Crippen LogP contribution in [-0.2, 0) is 19.9 Å². The molecule has 1 aromatic carbocycles. The molecule has 2 aromatic rings. The van der Waals surface area contributed by atoms with E-state index in [-0.39, 0.29) is 0 Å². The van der Waals surface area contributed by atoms with Gasteiger partial charge in [0.2, 0.25) is 0 Å². The first-order valence-electron chi connectivity index (χ1n) is 6.60. The van der Waals surface area contributed by atoms with Crippen molar-refractivity contribution in [2.45, 2.75) is 25.8 Å². The molecule has 0 spiro atoms. The van der Waals surface area contributed by atoms with Crippen molar-refractivity contribution in [3.8, 4) is 0 Å². The van der Waals surface area contributed by atoms with E-state index < -0.39 is 0 Å². The maximum Gasteiger partial charge on any atom is 0.0492 e. The Balaban J connectivity index is 1.74. The second-order valence-corrected chi connectivity index (χ2v) is 5.32. The summed E-state index contributed by atoms with van der Waals surface area (Å²) in [6.07, 6.45) is 3.86. The van der Waals surface area contributed by atoms with Gasteiger partial charge in [0.25, 0.3) is 0 Å². The van der Waals surface area contributed by atoms with E-state index in [9.17, 15) is 0 Å². The predicted octanol–water partition coefficient (Wildman–Crippen LogP) is 2.84. The van der Waals surface area contributed by atoms with Crippen LogP contribution in [0.1, 0.15) is 18.2 Å². The number of halogens is 1. The summed E-state index contributed by atoms with van der Waals surface area (Å²) in [5.74, 6) is 0. The van der Waals surface area contributed by atoms with E-state index in [1.807, 2.05) is 30.1 Å². The van der Waals surface area contributed by atoms with Gasteiger partial charge in [-0.05, 0) is 37.1 Å². The highest BCUT2D eigenvalue weighted by atomic mass is 35.5. The Labute approximate surface area is 119 Å². The zero-order valence-electron chi connectivity index (χ0n) is 11.4. The van der Waals surface area contributed by atoms with Crippen LogP contribution >= 0.6 is 11.6 Å². The Morgan fingerprint density at radius 3 is 2.63 bits per heavy atom. The Kier molecular flexibility index (Phi) is 5.00. The van der Waals surface area contributed by atoms with Gasteiger partial charge in [-0.1, -0.05) is 23.7 Å². The van der Waals surface area contributed by atoms with E-state index in [0.717, 1.165) is 24.4 Å². The smallest absolute Gasteiger partial charge is 0.0492 e. The van der Waals surface area contributed by atoms with Gasteiger partial charge in [-0.25, -0.2) is 0 Å². The standard InChI is InChI=1S/C15H20ClN3/c1-12(11-13-3-5-14(16)6-4-13)17-9-7-15-8-10-18-19(15)2/h3-6,8,10,12,17H,7,9,11H2,1-2H3. The number of benzene rings is 1. The van der Waals surface area contributed by atoms with Crippen LogP contribution in [-0.4, -0.2) is 22.4 Å². The number of aromatic nitrogens is 2. The van der Waals surface area contributed by atoms with Gasteiger partial charge < -0.3 is 5.32 Å². The van der Waals surface area contributed by atoms with E-state index >= 15 is 0 Å². The van der Waals surface area contributed by atoms with Gasteiger partial charge in [0.1, 0.15) is 0 Å². The SMILES string of the molecule is CC(Cc1ccc(Cl)cc1)NCCc1ccnn1C. The molecule has 0 bridgehead atoms. The molecule has 1 heterocycles. The molecule has 1 atom stereocenters. The summed E-state index contributed by atoms with van der Waals surface area (Å²) in [6, 6.07) is 10.6. The lowest BCUT2D eigenvalue weighted by Gasteiger charge is -2.14. The van der Waals surface area contributed by atoms with Crippen molar-refractivity contribution in [3.63, 3.8) is 0 Å². The van der Waals surface area contributed by atoms with Crippen LogP contribution in [0.4, 0.5) is 0 Å². The van der Waals surface area contributed by atoms with Crippen molar-refractivity contribution in [1.82, 2.24) is 15.1 Å². The second kappa shape index (κ2) is 6.73. The summed E-state index contributed by atoms with van der Waals surface area (Å²) >= 11 is 5.88. The van der Waals surface area contributed by atoms with Gasteiger partial charge in [0, 0.05) is 43.0 Å². The maximum atomic E-state index is 5.88. The molecule has 1 N–H and O–H groups in total. The minimum atomic E-state index is 0.453. The topological polar surface area (TPSA) is 29.9 Å². The van der Waals surface area contributed by atoms with Gasteiger partial charge >= 0.3 is 0 Å². The molecule has 0 aliphatic rings. The molecule has 0 radical (unpaired) electrons. The van der Waals surface area contributed by atoms with E-state index in [1.165, 1.54) is 11.3 Å². The van der Waals surface area contributed by atoms with Crippen molar-refractivity contribution in [2.75, 3.05) is 6.54 Å². The van der Waals surface area contributed by atoms with Crippen LogP contribution in [0.3, 0.4) is 0 Å². The van der Waals surface area contributed by atoms with Gasteiger partial charge in [0.15, 0.2) is 0 Å². The minimum absolute atomic E-state index is 0.453. The van der Waals surface area contributed by atoms with Crippen molar-refractivity contribution >= 4 is 11.6 Å². The molecular weight excluding hydrogens is 258 g/mol. The molecule has 0 aliphatic carbocycles. The summed E-state index contributed by atoms with van der Waals surface area (Å²) in [4.78, 5) is 0. The fraction of sp³-hybridized carbons (Fsp3) is 0.400. The zero-order chi connectivity index (χ0) is 13.7. The largest absolute Gasteiger partial charge is 0.314 e. The number of rotatable bonds is 6. The van der Waals surface area contributed by atoms with Gasteiger partial charge in [0.05, 0.1) is 0 Å². The fourth-order valence-electron chi connectivity index (χ4n) is 2.14. The van der Waals surface area contributed by atoms with Crippen LogP contribution in [0.5, 0.6) is 0 Å². The quantitative estimate of drug-likeness (QED) is 0.880. The fourth-order valence-corrected chi connectivity index (χ4v) is 2.27. The third-order valence-electron chi connectivity index (χ3n) is 3.25. The van der Waals surface area contributed by atoms with Crippen molar-refractivity contribution in [3.05, 3.63) is 52.8 Å². The Morgan fingerprint density at radius 2 is 2.00 bits per heavy atom. The summed E-state index contributed by atoms with van der Waals surface area (Å²) in [6.45, 7) is 3.17. The Hall–Kier alpha value is -1.32. The monoisotopic (exact) mass is 277 g/mol. The molecule has 0 amide bonds. The highest BCUT2D eigenvalue weighted by molar-refractivity contribution is 6.30. The first kappa shape index (κ1) is 14.1. The van der Waals surface area contributed by atoms with E-state index in [4.69, 9.17) is 11.6 Å². The first-order chi connectivity index (χ1) is 9.15. The Bertz CT molecular complexity index is 504. The summed E-state index contributed by atoms with van der Waals surface area (Å²) in [7, 11) is 1.98. The van der Waals surface area contributed by atoms with Gasteiger partial charge in [-0.2, -0.15) is 5.10 Å². The van der Waals surface area contributed by atoms with E-state index in [2.05, 4.69) is 35.5 Å². The third kappa shape index (κ3) is 4.37. The van der Waals surface area contributed by atoms with Crippen LogP contribution in [0.2, 0.25) is 5.02 Å². The molecule has 19 heavy (non-hydrogen) atoms. The molecule has 0 aliphatic heterocycles. The lowest BCUT2D eigenvalue weighted by atomic mass is 10.1. The summed E-state index contributed by atoms with van der Waals surface area (Å²) < 4.78 is 1.92. The molecule has 102 valence electrons. The predicted molar refractivity (Wildman–Crippen MR) is 79.5 cm³/mol. The second-order valence-electron chi connectivity index (χ2n) is 4.88. The third-order valence-corrected chi connectivity index (χ3v) is 3.50. The molecule has 0 saturated heterocycles. The first-order valence-corrected chi connectivity index (χ1v) is 6.97. The number of hydrogen-bond donors (Lipinski definition) is 1. The summed E-state index contributed by atoms with van der Waals surface area (Å²) in [5.41, 5.74) is 2.57. The van der Waals surface area contributed by atoms with E-state index in [0.29, 0.717) is 6.04 Å². The number of nitrogens with one attached hydrogen (secondary N) is 1. The highest BCUT2D eigenvalue weighted by Gasteiger charge is 2.04. The van der Waals surface area contributed by atoms with Crippen LogP contribution in [0, 0.1) is 0 Å². The van der Waals surface area contributed by atoms with Crippen LogP contribution in [0.25, 0.3) is 0 Å². The van der Waals surface area contributed by atoms with Crippen molar-refractivity contribution in [1.29, 1.82) is 0 Å². The molecule has 0 fully saturated rings. The average molecular weight is 278 g/mol. The molecule has 4 heteroatoms. The number of aryl methyl sites for hydroxylation is 1. The van der Waals surface area contributed by atoms with Crippen LogP contribution in [0.15, 0.2) is 36.5 Å². The summed E-state index contributed by atoms with van der Waals surface area (Å²) in [5, 5.41) is 8.50. The molecular formula is C15H20ClN3. The van der Waals surface area contributed by atoms with Crippen LogP contribution < -0.4 is 5.32 Å². The maximum absolute atomic E-state index is 5.88. The molecule has 3 nitrogen and oxygen atoms in total. The normalized spacial score (nSPS) is 12.6. The lowest BCUT2D eigenvalue weighted by molar-refractivity contribution is 0.539. The van der Waals surface area contributed by atoms with Crippen molar-refractivity contribution in [2.24, 2.45) is 7.05 Å². The lowest BCUT2D eigenvalue weighted by Crippen LogP contribution is -2.30. The Morgan fingerprint density at radius 1 is 1.26 bits per heavy atom. The zero-order valence-corrected chi connectivity index (χ0v) is 12.2. The molecule has 1 aromatic heterocycles.